The second-order valence-corrected chi connectivity index (χ2v) is 7.73. The fraction of sp³-hybridized carbons (Fsp3) is 0.400. The zero-order valence-corrected chi connectivity index (χ0v) is 18.1. The van der Waals surface area contributed by atoms with Crippen LogP contribution in [0.15, 0.2) is 24.3 Å². The van der Waals surface area contributed by atoms with Gasteiger partial charge in [-0.1, -0.05) is 31.5 Å². The molecule has 2 atom stereocenters. The zero-order chi connectivity index (χ0) is 22.8. The number of carbonyl (C=O) groups excluding carboxylic acids is 4. The van der Waals surface area contributed by atoms with Crippen LogP contribution in [-0.2, 0) is 19.2 Å². The predicted molar refractivity (Wildman–Crippen MR) is 113 cm³/mol. The molecule has 0 heterocycles. The van der Waals surface area contributed by atoms with Crippen LogP contribution < -0.4 is 16.4 Å². The molecule has 4 N–H and O–H groups in total. The Balaban J connectivity index is 2.90. The van der Waals surface area contributed by atoms with Crippen molar-refractivity contribution in [2.24, 2.45) is 11.7 Å². The van der Waals surface area contributed by atoms with Gasteiger partial charge in [-0.25, -0.2) is 4.39 Å². The molecule has 0 aliphatic rings. The lowest BCUT2D eigenvalue weighted by Crippen LogP contribution is -2.52. The van der Waals surface area contributed by atoms with Crippen LogP contribution in [0.4, 0.5) is 4.39 Å². The summed E-state index contributed by atoms with van der Waals surface area (Å²) in [5.74, 6) is -3.63. The fourth-order valence-electron chi connectivity index (χ4n) is 2.54. The Hall–Kier alpha value is -2.45. The smallest absolute Gasteiger partial charge is 0.244 e. The number of halogens is 3. The van der Waals surface area contributed by atoms with Gasteiger partial charge in [0, 0.05) is 16.7 Å². The topological polar surface area (TPSA) is 118 Å². The molecule has 1 aromatic carbocycles. The number of rotatable bonds is 11. The first-order valence-electron chi connectivity index (χ1n) is 9.14. The molecule has 2 unspecified atom stereocenters. The molecule has 0 aliphatic heterocycles. The van der Waals surface area contributed by atoms with Crippen molar-refractivity contribution in [3.05, 3.63) is 40.7 Å². The number of nitrogens with one attached hydrogen (secondary N) is 2. The predicted octanol–water partition coefficient (Wildman–Crippen LogP) is 2.19. The van der Waals surface area contributed by atoms with Gasteiger partial charge in [0.25, 0.3) is 0 Å². The highest BCUT2D eigenvalue weighted by molar-refractivity contribution is 6.30. The van der Waals surface area contributed by atoms with Crippen molar-refractivity contribution < 1.29 is 23.6 Å². The molecule has 10 heteroatoms. The maximum atomic E-state index is 13.8. The van der Waals surface area contributed by atoms with E-state index >= 15 is 0 Å². The number of nitrogens with two attached hydrogens (primary N) is 1. The van der Waals surface area contributed by atoms with Crippen LogP contribution in [0.2, 0.25) is 5.02 Å². The lowest BCUT2D eigenvalue weighted by Gasteiger charge is -2.22. The van der Waals surface area contributed by atoms with Gasteiger partial charge in [-0.15, -0.1) is 11.6 Å². The van der Waals surface area contributed by atoms with Crippen molar-refractivity contribution in [3.8, 4) is 0 Å². The van der Waals surface area contributed by atoms with Crippen LogP contribution in [-0.4, -0.2) is 41.5 Å². The van der Waals surface area contributed by atoms with Gasteiger partial charge >= 0.3 is 0 Å². The van der Waals surface area contributed by atoms with E-state index in [0.29, 0.717) is 0 Å². The van der Waals surface area contributed by atoms with E-state index in [4.69, 9.17) is 28.9 Å². The molecule has 0 spiro atoms. The minimum Gasteiger partial charge on any atom is -0.370 e. The summed E-state index contributed by atoms with van der Waals surface area (Å²) in [5, 5.41) is 5.15. The molecule has 0 saturated carbocycles. The van der Waals surface area contributed by atoms with Crippen LogP contribution in [0.1, 0.15) is 32.3 Å². The maximum Gasteiger partial charge on any atom is 0.244 e. The quantitative estimate of drug-likeness (QED) is 0.347. The van der Waals surface area contributed by atoms with E-state index < -0.39 is 53.7 Å². The third-order valence-corrected chi connectivity index (χ3v) is 4.46. The molecular weight excluding hydrogens is 436 g/mol. The first kappa shape index (κ1) is 25.6. The highest BCUT2D eigenvalue weighted by Crippen LogP contribution is 2.15. The highest BCUT2D eigenvalue weighted by Gasteiger charge is 2.27. The molecule has 0 aromatic heterocycles. The van der Waals surface area contributed by atoms with E-state index in [1.165, 1.54) is 18.2 Å². The number of carbonyl (C=O) groups is 4. The third-order valence-electron chi connectivity index (χ3n) is 3.96. The highest BCUT2D eigenvalue weighted by atomic mass is 35.5. The molecular formula is C20H24Cl2FN3O4. The maximum absolute atomic E-state index is 13.8. The lowest BCUT2D eigenvalue weighted by molar-refractivity contribution is -0.131. The summed E-state index contributed by atoms with van der Waals surface area (Å²) >= 11 is 11.2. The average molecular weight is 460 g/mol. The van der Waals surface area contributed by atoms with E-state index in [1.54, 1.807) is 0 Å². The molecule has 0 fully saturated rings. The van der Waals surface area contributed by atoms with Crippen LogP contribution in [0.3, 0.4) is 0 Å². The molecule has 30 heavy (non-hydrogen) atoms. The van der Waals surface area contributed by atoms with Crippen molar-refractivity contribution in [2.45, 2.75) is 38.8 Å². The van der Waals surface area contributed by atoms with Gasteiger partial charge in [0.1, 0.15) is 11.9 Å². The molecule has 0 radical (unpaired) electrons. The number of benzene rings is 1. The minimum atomic E-state index is -1.18. The molecule has 0 aliphatic carbocycles. The Morgan fingerprint density at radius 2 is 1.83 bits per heavy atom. The second kappa shape index (κ2) is 12.3. The number of ketones is 1. The van der Waals surface area contributed by atoms with Gasteiger partial charge < -0.3 is 16.4 Å². The van der Waals surface area contributed by atoms with Gasteiger partial charge in [-0.05, 0) is 30.5 Å². The van der Waals surface area contributed by atoms with Crippen LogP contribution in [0.5, 0.6) is 0 Å². The summed E-state index contributed by atoms with van der Waals surface area (Å²) in [6.45, 7) is 3.69. The third kappa shape index (κ3) is 8.92. The normalized spacial score (nSPS) is 13.1. The standard InChI is InChI=1S/C20H24Cl2FN3O4/c1-11(2)7-16(20(30)26-15(9-18(24)28)17(27)10-21)25-19(29)6-4-12-3-5-13(22)8-14(12)23/h3-6,8,11,15-16H,7,9-10H2,1-2H3,(H2,24,28)(H,25,29)(H,26,30)/b6-4+. The van der Waals surface area contributed by atoms with E-state index in [1.807, 2.05) is 13.8 Å². The summed E-state index contributed by atoms with van der Waals surface area (Å²) in [7, 11) is 0. The molecule has 0 bridgehead atoms. The van der Waals surface area contributed by atoms with Crippen LogP contribution in [0, 0.1) is 11.7 Å². The molecule has 7 nitrogen and oxygen atoms in total. The van der Waals surface area contributed by atoms with Crippen LogP contribution >= 0.6 is 23.2 Å². The Bertz CT molecular complexity index is 830. The van der Waals surface area contributed by atoms with Crippen molar-refractivity contribution in [1.29, 1.82) is 0 Å². The number of alkyl halides is 1. The molecule has 0 saturated heterocycles. The van der Waals surface area contributed by atoms with E-state index in [2.05, 4.69) is 10.6 Å². The first-order valence-corrected chi connectivity index (χ1v) is 10.1. The zero-order valence-electron chi connectivity index (χ0n) is 16.6. The molecule has 1 aromatic rings. The second-order valence-electron chi connectivity index (χ2n) is 7.02. The number of Topliss-reactive ketones (excluding diaryl/α,β-unsaturated/α-hetero) is 1. The molecule has 3 amide bonds. The van der Waals surface area contributed by atoms with E-state index in [0.717, 1.165) is 12.1 Å². The summed E-state index contributed by atoms with van der Waals surface area (Å²) in [4.78, 5) is 47.9. The van der Waals surface area contributed by atoms with Gasteiger partial charge in [0.2, 0.25) is 17.7 Å². The van der Waals surface area contributed by atoms with Gasteiger partial charge in [0.15, 0.2) is 5.78 Å². The number of primary amides is 1. The Labute approximate surface area is 184 Å². The summed E-state index contributed by atoms with van der Waals surface area (Å²) in [6.07, 6.45) is 2.18. The molecule has 164 valence electrons. The van der Waals surface area contributed by atoms with Crippen molar-refractivity contribution in [3.63, 3.8) is 0 Å². The Morgan fingerprint density at radius 3 is 2.37 bits per heavy atom. The average Bonchev–Trinajstić information content (AvgIpc) is 2.64. The van der Waals surface area contributed by atoms with Crippen molar-refractivity contribution >= 4 is 52.8 Å². The van der Waals surface area contributed by atoms with E-state index in [9.17, 15) is 23.6 Å². The first-order chi connectivity index (χ1) is 14.0. The monoisotopic (exact) mass is 459 g/mol. The molecule has 1 rings (SSSR count). The minimum absolute atomic E-state index is 0.0251. The van der Waals surface area contributed by atoms with Gasteiger partial charge in [-0.3, -0.25) is 19.2 Å². The Morgan fingerprint density at radius 1 is 1.17 bits per heavy atom. The summed E-state index contributed by atoms with van der Waals surface area (Å²) in [5.41, 5.74) is 5.26. The van der Waals surface area contributed by atoms with Gasteiger partial charge in [0.05, 0.1) is 18.3 Å². The van der Waals surface area contributed by atoms with Crippen LogP contribution in [0.25, 0.3) is 6.08 Å². The Kier molecular flexibility index (Phi) is 10.5. The summed E-state index contributed by atoms with van der Waals surface area (Å²) in [6, 6.07) is 1.82. The van der Waals surface area contributed by atoms with E-state index in [-0.39, 0.29) is 22.9 Å². The largest absolute Gasteiger partial charge is 0.370 e. The SMILES string of the molecule is CC(C)CC(NC(=O)/C=C/c1ccc(Cl)cc1F)C(=O)NC(CC(N)=O)C(=O)CCl. The number of hydrogen-bond acceptors (Lipinski definition) is 4. The van der Waals surface area contributed by atoms with Crippen molar-refractivity contribution in [2.75, 3.05) is 5.88 Å². The fourth-order valence-corrected chi connectivity index (χ4v) is 2.88. The number of amides is 3. The number of hydrogen-bond donors (Lipinski definition) is 3. The van der Waals surface area contributed by atoms with Gasteiger partial charge in [-0.2, -0.15) is 0 Å². The van der Waals surface area contributed by atoms with Crippen molar-refractivity contribution in [1.82, 2.24) is 10.6 Å². The lowest BCUT2D eigenvalue weighted by atomic mass is 10.0. The summed E-state index contributed by atoms with van der Waals surface area (Å²) < 4.78 is 13.8.